The molecule has 0 unspecified atom stereocenters. The van der Waals surface area contributed by atoms with Crippen molar-refractivity contribution in [2.24, 2.45) is 0 Å². The summed E-state index contributed by atoms with van der Waals surface area (Å²) in [5, 5.41) is 13.9. The molecule has 2 atom stereocenters. The maximum atomic E-state index is 13.3. The first kappa shape index (κ1) is 35.9. The number of methoxy groups -OCH3 is 1. The Hall–Kier alpha value is -4.52. The molecular weight excluding hydrogens is 725 g/mol. The standard InChI is InChI=1S/C38H36Cl3N7O4/c1-52-34-15-30(39)29(20-43-19-24-9-11-33(50)46-24)37(47-34)28-7-3-6-27(36(28)41)26-5-2-4-25(35(26)40)21-12-13-48-31(14-21)44-17-22(38(48)51)16-42-18-23-8-10-32(49)45-23/h2-7,12-15,17,23-24,42-43H,8-11,16,18-20H2,1H3,(H,45,49)(H,46,50)/t23-,24+/m0/s1. The van der Waals surface area contributed by atoms with Crippen molar-refractivity contribution >= 4 is 52.3 Å². The van der Waals surface area contributed by atoms with E-state index in [9.17, 15) is 14.4 Å². The number of rotatable bonds is 12. The van der Waals surface area contributed by atoms with Gasteiger partial charge in [0.05, 0.1) is 27.9 Å². The Morgan fingerprint density at radius 3 is 2.08 bits per heavy atom. The fourth-order valence-electron chi connectivity index (χ4n) is 6.72. The number of halogens is 3. The zero-order chi connectivity index (χ0) is 36.4. The van der Waals surface area contributed by atoms with E-state index >= 15 is 0 Å². The van der Waals surface area contributed by atoms with Crippen LogP contribution in [-0.2, 0) is 22.7 Å². The molecule has 2 saturated heterocycles. The minimum Gasteiger partial charge on any atom is -0.481 e. The highest BCUT2D eigenvalue weighted by Crippen LogP contribution is 2.43. The van der Waals surface area contributed by atoms with Crippen LogP contribution in [0.3, 0.4) is 0 Å². The van der Waals surface area contributed by atoms with Gasteiger partial charge in [0.15, 0.2) is 0 Å². The average molecular weight is 761 g/mol. The van der Waals surface area contributed by atoms with Crippen molar-refractivity contribution in [1.82, 2.24) is 35.6 Å². The van der Waals surface area contributed by atoms with Gasteiger partial charge in [0.25, 0.3) is 5.56 Å². The van der Waals surface area contributed by atoms with Gasteiger partial charge in [-0.1, -0.05) is 71.2 Å². The molecule has 2 aliphatic heterocycles. The number of ether oxygens (including phenoxy) is 1. The van der Waals surface area contributed by atoms with E-state index in [-0.39, 0.29) is 29.5 Å². The maximum absolute atomic E-state index is 13.3. The minimum absolute atomic E-state index is 0.0554. The normalized spacial score (nSPS) is 17.1. The predicted octanol–water partition coefficient (Wildman–Crippen LogP) is 5.80. The van der Waals surface area contributed by atoms with Crippen molar-refractivity contribution in [2.75, 3.05) is 20.2 Å². The first-order chi connectivity index (χ1) is 25.2. The van der Waals surface area contributed by atoms with Crippen LogP contribution in [0.15, 0.2) is 71.8 Å². The number of fused-ring (bicyclic) bond motifs is 1. The summed E-state index contributed by atoms with van der Waals surface area (Å²) < 4.78 is 6.97. The van der Waals surface area contributed by atoms with Crippen molar-refractivity contribution in [3.05, 3.63) is 104 Å². The van der Waals surface area contributed by atoms with E-state index in [0.717, 1.165) is 29.5 Å². The molecule has 268 valence electrons. The highest BCUT2D eigenvalue weighted by Gasteiger charge is 2.23. The van der Waals surface area contributed by atoms with Crippen LogP contribution in [0.4, 0.5) is 0 Å². The third kappa shape index (κ3) is 7.51. The Morgan fingerprint density at radius 1 is 0.827 bits per heavy atom. The Balaban J connectivity index is 1.16. The van der Waals surface area contributed by atoms with E-state index in [4.69, 9.17) is 44.5 Å². The number of aromatic nitrogens is 3. The highest BCUT2D eigenvalue weighted by atomic mass is 35.5. The number of pyridine rings is 2. The Kier molecular flexibility index (Phi) is 10.8. The van der Waals surface area contributed by atoms with Crippen LogP contribution in [0.1, 0.15) is 36.8 Å². The van der Waals surface area contributed by atoms with Crippen molar-refractivity contribution < 1.29 is 14.3 Å². The molecule has 0 spiro atoms. The minimum atomic E-state index is -0.172. The molecule has 0 radical (unpaired) electrons. The number of nitrogens with one attached hydrogen (secondary N) is 4. The lowest BCUT2D eigenvalue weighted by atomic mass is 9.96. The summed E-state index contributed by atoms with van der Waals surface area (Å²) in [6, 6.07) is 16.8. The van der Waals surface area contributed by atoms with Crippen LogP contribution < -0.4 is 31.6 Å². The Morgan fingerprint density at radius 2 is 1.44 bits per heavy atom. The van der Waals surface area contributed by atoms with E-state index in [2.05, 4.69) is 26.3 Å². The molecule has 11 nitrogen and oxygen atoms in total. The molecule has 14 heteroatoms. The number of benzene rings is 2. The molecule has 7 rings (SSSR count). The fourth-order valence-corrected chi connectivity index (χ4v) is 7.62. The number of nitrogens with zero attached hydrogens (tertiary/aromatic N) is 3. The summed E-state index contributed by atoms with van der Waals surface area (Å²) in [5.74, 6) is 0.460. The van der Waals surface area contributed by atoms with Crippen molar-refractivity contribution in [1.29, 1.82) is 0 Å². The van der Waals surface area contributed by atoms with Crippen molar-refractivity contribution in [3.8, 4) is 39.4 Å². The van der Waals surface area contributed by atoms with Gasteiger partial charge in [-0.05, 0) is 30.5 Å². The molecule has 5 heterocycles. The smallest absolute Gasteiger partial charge is 0.262 e. The largest absolute Gasteiger partial charge is 0.481 e. The van der Waals surface area contributed by atoms with Gasteiger partial charge in [-0.3, -0.25) is 18.8 Å². The van der Waals surface area contributed by atoms with Gasteiger partial charge in [0, 0.05) is 103 Å². The maximum Gasteiger partial charge on any atom is 0.262 e. The predicted molar refractivity (Wildman–Crippen MR) is 203 cm³/mol. The molecule has 4 N–H and O–H groups in total. The molecule has 52 heavy (non-hydrogen) atoms. The Bertz CT molecular complexity index is 2250. The number of hydrogen-bond donors (Lipinski definition) is 4. The number of amides is 2. The quantitative estimate of drug-likeness (QED) is 0.125. The molecule has 2 aromatic carbocycles. The van der Waals surface area contributed by atoms with Crippen LogP contribution in [0.2, 0.25) is 15.1 Å². The average Bonchev–Trinajstić information content (AvgIpc) is 3.76. The van der Waals surface area contributed by atoms with Crippen LogP contribution in [0, 0.1) is 0 Å². The van der Waals surface area contributed by atoms with Crippen LogP contribution >= 0.6 is 34.8 Å². The van der Waals surface area contributed by atoms with Gasteiger partial charge in [0.1, 0.15) is 5.65 Å². The van der Waals surface area contributed by atoms with Crippen molar-refractivity contribution in [2.45, 2.75) is 50.9 Å². The molecule has 3 aromatic heterocycles. The number of carbonyl (C=O) groups excluding carboxylic acids is 2. The third-order valence-corrected chi connectivity index (χ3v) is 10.6. The van der Waals surface area contributed by atoms with Gasteiger partial charge in [0.2, 0.25) is 17.7 Å². The topological polar surface area (TPSA) is 139 Å². The highest BCUT2D eigenvalue weighted by molar-refractivity contribution is 6.39. The summed E-state index contributed by atoms with van der Waals surface area (Å²) in [4.78, 5) is 45.8. The molecule has 0 bridgehead atoms. The number of hydrogen-bond acceptors (Lipinski definition) is 8. The zero-order valence-corrected chi connectivity index (χ0v) is 30.5. The fraction of sp³-hybridized carbons (Fsp3) is 0.289. The van der Waals surface area contributed by atoms with E-state index < -0.39 is 0 Å². The van der Waals surface area contributed by atoms with Gasteiger partial charge >= 0.3 is 0 Å². The monoisotopic (exact) mass is 759 g/mol. The second-order valence-electron chi connectivity index (χ2n) is 12.9. The first-order valence-corrected chi connectivity index (χ1v) is 18.2. The van der Waals surface area contributed by atoms with Crippen LogP contribution in [0.5, 0.6) is 5.88 Å². The summed E-state index contributed by atoms with van der Waals surface area (Å²) in [7, 11) is 1.53. The van der Waals surface area contributed by atoms with E-state index in [1.54, 1.807) is 18.5 Å². The number of carbonyl (C=O) groups is 2. The SMILES string of the molecule is COc1cc(Cl)c(CNC[C@H]2CCC(=O)N2)c(-c2cccc(-c3cccc(-c4ccn5c(=O)c(CNC[C@@H]6CCC(=O)N6)cnc5c4)c3Cl)c2Cl)n1. The second kappa shape index (κ2) is 15.6. The lowest BCUT2D eigenvalue weighted by Crippen LogP contribution is -2.36. The summed E-state index contributed by atoms with van der Waals surface area (Å²) in [6.07, 6.45) is 5.89. The second-order valence-corrected chi connectivity index (χ2v) is 14.1. The van der Waals surface area contributed by atoms with Crippen LogP contribution in [-0.4, -0.2) is 58.5 Å². The third-order valence-electron chi connectivity index (χ3n) is 9.46. The van der Waals surface area contributed by atoms with Gasteiger partial charge in [-0.25, -0.2) is 9.97 Å². The lowest BCUT2D eigenvalue weighted by molar-refractivity contribution is -0.120. The lowest BCUT2D eigenvalue weighted by Gasteiger charge is -2.18. The molecule has 2 aliphatic rings. The van der Waals surface area contributed by atoms with E-state index in [1.165, 1.54) is 11.5 Å². The van der Waals surface area contributed by atoms with Gasteiger partial charge in [-0.15, -0.1) is 0 Å². The summed E-state index contributed by atoms with van der Waals surface area (Å²) in [5.41, 5.74) is 5.73. The molecular formula is C38H36Cl3N7O4. The van der Waals surface area contributed by atoms with Crippen molar-refractivity contribution in [3.63, 3.8) is 0 Å². The Labute approximate surface area is 315 Å². The van der Waals surface area contributed by atoms with E-state index in [0.29, 0.717) is 93.6 Å². The zero-order valence-electron chi connectivity index (χ0n) is 28.3. The van der Waals surface area contributed by atoms with Gasteiger partial charge in [-0.2, -0.15) is 0 Å². The molecule has 2 fully saturated rings. The first-order valence-electron chi connectivity index (χ1n) is 17.0. The molecule has 5 aromatic rings. The van der Waals surface area contributed by atoms with Gasteiger partial charge < -0.3 is 26.0 Å². The van der Waals surface area contributed by atoms with Crippen LogP contribution in [0.25, 0.3) is 39.2 Å². The molecule has 0 aliphatic carbocycles. The summed E-state index contributed by atoms with van der Waals surface area (Å²) in [6.45, 7) is 1.90. The molecule has 0 saturated carbocycles. The van der Waals surface area contributed by atoms with E-state index in [1.807, 2.05) is 48.5 Å². The summed E-state index contributed by atoms with van der Waals surface area (Å²) >= 11 is 21.1. The molecule has 2 amide bonds.